The maximum Gasteiger partial charge on any atom is 0.254 e. The van der Waals surface area contributed by atoms with Crippen LogP contribution in [0.2, 0.25) is 0 Å². The summed E-state index contributed by atoms with van der Waals surface area (Å²) >= 11 is 0. The van der Waals surface area contributed by atoms with Gasteiger partial charge in [-0.3, -0.25) is 14.5 Å². The lowest BCUT2D eigenvalue weighted by Crippen LogP contribution is -2.56. The van der Waals surface area contributed by atoms with E-state index in [-0.39, 0.29) is 17.9 Å². The largest absolute Gasteiger partial charge is 0.378 e. The van der Waals surface area contributed by atoms with Crippen LogP contribution in [0, 0.1) is 5.82 Å². The van der Waals surface area contributed by atoms with Crippen LogP contribution in [0.15, 0.2) is 24.3 Å². The van der Waals surface area contributed by atoms with Crippen molar-refractivity contribution in [1.82, 2.24) is 14.7 Å². The zero-order chi connectivity index (χ0) is 17.8. The molecule has 25 heavy (non-hydrogen) atoms. The number of hydrogen-bond acceptors (Lipinski definition) is 4. The second kappa shape index (κ2) is 7.93. The van der Waals surface area contributed by atoms with E-state index in [4.69, 9.17) is 4.74 Å². The Morgan fingerprint density at radius 1 is 1.04 bits per heavy atom. The summed E-state index contributed by atoms with van der Waals surface area (Å²) in [6, 6.07) is 5.56. The second-order valence-electron chi connectivity index (χ2n) is 6.45. The van der Waals surface area contributed by atoms with Crippen LogP contribution in [0.1, 0.15) is 17.3 Å². The molecule has 2 amide bonds. The van der Waals surface area contributed by atoms with E-state index >= 15 is 0 Å². The first-order valence-corrected chi connectivity index (χ1v) is 8.71. The molecule has 0 bridgehead atoms. The third-order valence-electron chi connectivity index (χ3n) is 4.90. The summed E-state index contributed by atoms with van der Waals surface area (Å²) in [5.41, 5.74) is 0.367. The first kappa shape index (κ1) is 17.8. The minimum Gasteiger partial charge on any atom is -0.378 e. The molecule has 0 saturated carbocycles. The highest BCUT2D eigenvalue weighted by Gasteiger charge is 2.30. The number of rotatable bonds is 3. The Bertz CT molecular complexity index is 626. The molecule has 136 valence electrons. The average Bonchev–Trinajstić information content (AvgIpc) is 2.67. The van der Waals surface area contributed by atoms with Crippen LogP contribution in [-0.2, 0) is 9.53 Å². The van der Waals surface area contributed by atoms with Crippen molar-refractivity contribution in [3.63, 3.8) is 0 Å². The van der Waals surface area contributed by atoms with Crippen LogP contribution in [0.5, 0.6) is 0 Å². The molecule has 1 unspecified atom stereocenters. The molecule has 0 aliphatic carbocycles. The fourth-order valence-corrected chi connectivity index (χ4v) is 3.32. The summed E-state index contributed by atoms with van der Waals surface area (Å²) in [5, 5.41) is 0. The van der Waals surface area contributed by atoms with Crippen LogP contribution < -0.4 is 0 Å². The molecular formula is C18H24FN3O3. The van der Waals surface area contributed by atoms with E-state index in [1.54, 1.807) is 17.0 Å². The van der Waals surface area contributed by atoms with Crippen molar-refractivity contribution in [2.75, 3.05) is 52.5 Å². The average molecular weight is 349 g/mol. The van der Waals surface area contributed by atoms with Crippen LogP contribution >= 0.6 is 0 Å². The molecule has 7 heteroatoms. The minimum absolute atomic E-state index is 0.119. The van der Waals surface area contributed by atoms with Crippen LogP contribution in [0.4, 0.5) is 4.39 Å². The number of hydrogen-bond donors (Lipinski definition) is 0. The molecule has 1 aromatic carbocycles. The molecule has 2 fully saturated rings. The van der Waals surface area contributed by atoms with Crippen molar-refractivity contribution in [3.05, 3.63) is 35.6 Å². The van der Waals surface area contributed by atoms with Crippen LogP contribution in [0.3, 0.4) is 0 Å². The summed E-state index contributed by atoms with van der Waals surface area (Å²) in [6.07, 6.45) is 0. The molecule has 6 nitrogen and oxygen atoms in total. The third-order valence-corrected chi connectivity index (χ3v) is 4.90. The Kier molecular flexibility index (Phi) is 5.65. The molecule has 2 aliphatic heterocycles. The lowest BCUT2D eigenvalue weighted by Gasteiger charge is -2.39. The van der Waals surface area contributed by atoms with Gasteiger partial charge in [-0.1, -0.05) is 6.07 Å². The van der Waals surface area contributed by atoms with Gasteiger partial charge in [-0.15, -0.1) is 0 Å². The van der Waals surface area contributed by atoms with Gasteiger partial charge in [0.05, 0.1) is 19.3 Å². The lowest BCUT2D eigenvalue weighted by atomic mass is 10.1. The highest BCUT2D eigenvalue weighted by Crippen LogP contribution is 2.13. The minimum atomic E-state index is -0.408. The Morgan fingerprint density at radius 2 is 1.72 bits per heavy atom. The number of piperazine rings is 1. The fourth-order valence-electron chi connectivity index (χ4n) is 3.32. The van der Waals surface area contributed by atoms with Gasteiger partial charge in [0.1, 0.15) is 5.82 Å². The highest BCUT2D eigenvalue weighted by atomic mass is 19.1. The summed E-state index contributed by atoms with van der Waals surface area (Å²) < 4.78 is 18.6. The molecular weight excluding hydrogens is 325 g/mol. The molecule has 2 aliphatic rings. The smallest absolute Gasteiger partial charge is 0.254 e. The summed E-state index contributed by atoms with van der Waals surface area (Å²) in [5.74, 6) is -0.450. The molecule has 0 aromatic heterocycles. The van der Waals surface area contributed by atoms with Crippen molar-refractivity contribution in [2.24, 2.45) is 0 Å². The van der Waals surface area contributed by atoms with E-state index in [2.05, 4.69) is 4.90 Å². The number of halogens is 1. The van der Waals surface area contributed by atoms with Crippen molar-refractivity contribution < 1.29 is 18.7 Å². The molecule has 0 N–H and O–H groups in total. The van der Waals surface area contributed by atoms with Gasteiger partial charge in [-0.2, -0.15) is 0 Å². The molecule has 1 aromatic rings. The lowest BCUT2D eigenvalue weighted by molar-refractivity contribution is -0.141. The Hall–Kier alpha value is -1.99. The van der Waals surface area contributed by atoms with Crippen molar-refractivity contribution in [2.45, 2.75) is 13.0 Å². The second-order valence-corrected chi connectivity index (χ2v) is 6.45. The van der Waals surface area contributed by atoms with E-state index in [1.165, 1.54) is 12.1 Å². The van der Waals surface area contributed by atoms with Crippen molar-refractivity contribution in [1.29, 1.82) is 0 Å². The fraction of sp³-hybridized carbons (Fsp3) is 0.556. The van der Waals surface area contributed by atoms with Gasteiger partial charge in [0.2, 0.25) is 5.91 Å². The first-order valence-electron chi connectivity index (χ1n) is 8.71. The monoisotopic (exact) mass is 349 g/mol. The summed E-state index contributed by atoms with van der Waals surface area (Å²) in [7, 11) is 0. The van der Waals surface area contributed by atoms with E-state index in [0.717, 1.165) is 0 Å². The van der Waals surface area contributed by atoms with Crippen molar-refractivity contribution >= 4 is 11.8 Å². The van der Waals surface area contributed by atoms with Crippen LogP contribution in [0.25, 0.3) is 0 Å². The highest BCUT2D eigenvalue weighted by molar-refractivity contribution is 5.94. The number of carbonyl (C=O) groups excluding carboxylic acids is 2. The predicted octanol–water partition coefficient (Wildman–Crippen LogP) is 0.831. The predicted molar refractivity (Wildman–Crippen MR) is 90.7 cm³/mol. The maximum absolute atomic E-state index is 13.3. The van der Waals surface area contributed by atoms with Gasteiger partial charge >= 0.3 is 0 Å². The molecule has 3 rings (SSSR count). The van der Waals surface area contributed by atoms with Crippen molar-refractivity contribution in [3.8, 4) is 0 Å². The number of carbonyl (C=O) groups is 2. The number of ether oxygens (including phenoxy) is 1. The standard InChI is InChI=1S/C18H24FN3O3/c1-14(17(23)22-9-11-25-12-10-22)20-5-7-21(8-6-20)18(24)15-3-2-4-16(19)13-15/h2-4,13-14H,5-12H2,1H3. The van der Waals surface area contributed by atoms with E-state index in [9.17, 15) is 14.0 Å². The van der Waals surface area contributed by atoms with Crippen LogP contribution in [-0.4, -0.2) is 85.0 Å². The number of amides is 2. The Morgan fingerprint density at radius 3 is 2.36 bits per heavy atom. The van der Waals surface area contributed by atoms with E-state index in [1.807, 2.05) is 11.8 Å². The number of nitrogens with zero attached hydrogens (tertiary/aromatic N) is 3. The molecule has 2 saturated heterocycles. The SMILES string of the molecule is CC(C(=O)N1CCOCC1)N1CCN(C(=O)c2cccc(F)c2)CC1. The van der Waals surface area contributed by atoms with Gasteiger partial charge in [0.25, 0.3) is 5.91 Å². The van der Waals surface area contributed by atoms with E-state index in [0.29, 0.717) is 58.0 Å². The molecule has 0 radical (unpaired) electrons. The normalized spacial score (nSPS) is 20.4. The summed E-state index contributed by atoms with van der Waals surface area (Å²) in [6.45, 7) is 6.73. The maximum atomic E-state index is 13.3. The zero-order valence-corrected chi connectivity index (χ0v) is 14.5. The van der Waals surface area contributed by atoms with Gasteiger partial charge < -0.3 is 14.5 Å². The Labute approximate surface area is 147 Å². The van der Waals surface area contributed by atoms with E-state index < -0.39 is 5.82 Å². The summed E-state index contributed by atoms with van der Waals surface area (Å²) in [4.78, 5) is 30.7. The van der Waals surface area contributed by atoms with Gasteiger partial charge in [0.15, 0.2) is 0 Å². The quantitative estimate of drug-likeness (QED) is 0.811. The Balaban J connectivity index is 1.54. The van der Waals surface area contributed by atoms with Gasteiger partial charge in [-0.25, -0.2) is 4.39 Å². The van der Waals surface area contributed by atoms with Gasteiger partial charge in [0, 0.05) is 44.8 Å². The topological polar surface area (TPSA) is 53.1 Å². The molecule has 1 atom stereocenters. The number of benzene rings is 1. The first-order chi connectivity index (χ1) is 12.1. The van der Waals surface area contributed by atoms with Gasteiger partial charge in [-0.05, 0) is 25.1 Å². The number of morpholine rings is 1. The third kappa shape index (κ3) is 4.16. The zero-order valence-electron chi connectivity index (χ0n) is 14.5. The molecule has 0 spiro atoms. The molecule has 2 heterocycles.